The fraction of sp³-hybridized carbons (Fsp3) is 0.944. The summed E-state index contributed by atoms with van der Waals surface area (Å²) < 4.78 is 0. The lowest BCUT2D eigenvalue weighted by Gasteiger charge is -2.21. The van der Waals surface area contributed by atoms with Crippen molar-refractivity contribution in [2.75, 3.05) is 13.1 Å². The van der Waals surface area contributed by atoms with Crippen LogP contribution in [0.2, 0.25) is 0 Å². The summed E-state index contributed by atoms with van der Waals surface area (Å²) in [7, 11) is 0. The molecule has 0 aromatic heterocycles. The first-order valence-electron chi connectivity index (χ1n) is 9.08. The maximum Gasteiger partial charge on any atom is 0.136 e. The molecule has 1 rings (SSSR count). The molecule has 2 nitrogen and oxygen atoms in total. The zero-order valence-electron chi connectivity index (χ0n) is 13.6. The highest BCUT2D eigenvalue weighted by Gasteiger charge is 2.19. The number of hydrogen-bond donors (Lipinski definition) is 1. The molecule has 0 unspecified atom stereocenters. The molecule has 1 heterocycles. The van der Waals surface area contributed by atoms with Crippen molar-refractivity contribution >= 4 is 5.78 Å². The lowest BCUT2D eigenvalue weighted by atomic mass is 9.90. The Morgan fingerprint density at radius 2 is 1.35 bits per heavy atom. The summed E-state index contributed by atoms with van der Waals surface area (Å²) in [6.07, 6.45) is 16.4. The molecule has 1 N–H and O–H groups in total. The molecule has 1 aliphatic rings. The number of unbranched alkanes of at least 4 members (excludes halogenated alkanes) is 9. The van der Waals surface area contributed by atoms with Crippen molar-refractivity contribution in [2.45, 2.75) is 90.4 Å². The van der Waals surface area contributed by atoms with Gasteiger partial charge in [0.2, 0.25) is 0 Å². The van der Waals surface area contributed by atoms with E-state index in [4.69, 9.17) is 0 Å². The van der Waals surface area contributed by atoms with Gasteiger partial charge in [0.25, 0.3) is 0 Å². The quantitative estimate of drug-likeness (QED) is 0.517. The number of ketones is 1. The van der Waals surface area contributed by atoms with Gasteiger partial charge in [-0.3, -0.25) is 4.79 Å². The third-order valence-electron chi connectivity index (χ3n) is 4.57. The standard InChI is InChI=1S/C18H35NO/c1-2-3-4-5-6-7-8-9-10-11-12-18(20)17-13-15-19-16-14-17/h17,19H,2-16H2,1H3. The first-order valence-corrected chi connectivity index (χ1v) is 9.08. The van der Waals surface area contributed by atoms with Crippen LogP contribution in [-0.4, -0.2) is 18.9 Å². The lowest BCUT2D eigenvalue weighted by Crippen LogP contribution is -2.31. The smallest absolute Gasteiger partial charge is 0.136 e. The second-order valence-electron chi connectivity index (χ2n) is 6.42. The molecule has 0 spiro atoms. The highest BCUT2D eigenvalue weighted by molar-refractivity contribution is 5.81. The van der Waals surface area contributed by atoms with E-state index in [1.54, 1.807) is 0 Å². The number of piperidine rings is 1. The van der Waals surface area contributed by atoms with Crippen LogP contribution in [0.1, 0.15) is 90.4 Å². The molecule has 0 radical (unpaired) electrons. The van der Waals surface area contributed by atoms with Crippen LogP contribution in [0, 0.1) is 5.92 Å². The summed E-state index contributed by atoms with van der Waals surface area (Å²) in [6, 6.07) is 0. The fourth-order valence-electron chi connectivity index (χ4n) is 3.13. The highest BCUT2D eigenvalue weighted by Crippen LogP contribution is 2.17. The predicted octanol–water partition coefficient (Wildman–Crippen LogP) is 4.87. The zero-order chi connectivity index (χ0) is 14.5. The Morgan fingerprint density at radius 1 is 0.850 bits per heavy atom. The zero-order valence-corrected chi connectivity index (χ0v) is 13.6. The number of hydrogen-bond acceptors (Lipinski definition) is 2. The van der Waals surface area contributed by atoms with Gasteiger partial charge in [0, 0.05) is 12.3 Å². The Labute approximate surface area is 126 Å². The third kappa shape index (κ3) is 8.73. The normalized spacial score (nSPS) is 16.4. The third-order valence-corrected chi connectivity index (χ3v) is 4.57. The second kappa shape index (κ2) is 12.4. The van der Waals surface area contributed by atoms with E-state index >= 15 is 0 Å². The van der Waals surface area contributed by atoms with Crippen LogP contribution < -0.4 is 5.32 Å². The van der Waals surface area contributed by atoms with Gasteiger partial charge in [0.05, 0.1) is 0 Å². The molecule has 1 aliphatic heterocycles. The summed E-state index contributed by atoms with van der Waals surface area (Å²) in [4.78, 5) is 12.0. The SMILES string of the molecule is CCCCCCCCCCCCC(=O)C1CCNCC1. The second-order valence-corrected chi connectivity index (χ2v) is 6.42. The average Bonchev–Trinajstić information content (AvgIpc) is 2.50. The number of carbonyl (C=O) groups excluding carboxylic acids is 1. The van der Waals surface area contributed by atoms with Gasteiger partial charge in [-0.1, -0.05) is 64.7 Å². The molecule has 0 atom stereocenters. The minimum Gasteiger partial charge on any atom is -0.317 e. The Bertz CT molecular complexity index is 234. The molecule has 1 fully saturated rings. The molecule has 0 aromatic carbocycles. The molecular weight excluding hydrogens is 246 g/mol. The summed E-state index contributed by atoms with van der Waals surface area (Å²) in [5.74, 6) is 0.904. The van der Waals surface area contributed by atoms with Crippen LogP contribution in [-0.2, 0) is 4.79 Å². The summed E-state index contributed by atoms with van der Waals surface area (Å²) in [5, 5.41) is 3.33. The summed E-state index contributed by atoms with van der Waals surface area (Å²) in [5.41, 5.74) is 0. The fourth-order valence-corrected chi connectivity index (χ4v) is 3.13. The van der Waals surface area contributed by atoms with Gasteiger partial charge in [-0.15, -0.1) is 0 Å². The first kappa shape index (κ1) is 17.7. The highest BCUT2D eigenvalue weighted by atomic mass is 16.1. The molecule has 118 valence electrons. The maximum atomic E-state index is 12.0. The molecule has 0 amide bonds. The van der Waals surface area contributed by atoms with E-state index in [9.17, 15) is 4.79 Å². The van der Waals surface area contributed by atoms with E-state index in [0.29, 0.717) is 11.7 Å². The van der Waals surface area contributed by atoms with Crippen molar-refractivity contribution in [1.82, 2.24) is 5.32 Å². The Balaban J connectivity index is 1.83. The number of carbonyl (C=O) groups is 1. The van der Waals surface area contributed by atoms with Crippen molar-refractivity contribution in [3.8, 4) is 0 Å². The largest absolute Gasteiger partial charge is 0.317 e. The predicted molar refractivity (Wildman–Crippen MR) is 87.1 cm³/mol. The number of rotatable bonds is 12. The van der Waals surface area contributed by atoms with Crippen LogP contribution in [0.5, 0.6) is 0 Å². The van der Waals surface area contributed by atoms with Gasteiger partial charge in [-0.25, -0.2) is 0 Å². The molecule has 2 heteroatoms. The van der Waals surface area contributed by atoms with E-state index in [0.717, 1.165) is 38.8 Å². The van der Waals surface area contributed by atoms with Crippen molar-refractivity contribution in [1.29, 1.82) is 0 Å². The van der Waals surface area contributed by atoms with E-state index in [-0.39, 0.29) is 0 Å². The van der Waals surface area contributed by atoms with Gasteiger partial charge in [-0.2, -0.15) is 0 Å². The summed E-state index contributed by atoms with van der Waals surface area (Å²) >= 11 is 0. The van der Waals surface area contributed by atoms with E-state index in [2.05, 4.69) is 12.2 Å². The van der Waals surface area contributed by atoms with Crippen molar-refractivity contribution in [3.05, 3.63) is 0 Å². The molecule has 1 saturated heterocycles. The number of nitrogens with one attached hydrogen (secondary N) is 1. The molecule has 0 aliphatic carbocycles. The van der Waals surface area contributed by atoms with Crippen molar-refractivity contribution < 1.29 is 4.79 Å². The van der Waals surface area contributed by atoms with Gasteiger partial charge in [0.1, 0.15) is 5.78 Å². The monoisotopic (exact) mass is 281 g/mol. The Kier molecular flexibility index (Phi) is 10.9. The van der Waals surface area contributed by atoms with Crippen LogP contribution in [0.4, 0.5) is 0 Å². The van der Waals surface area contributed by atoms with E-state index < -0.39 is 0 Å². The Hall–Kier alpha value is -0.370. The Morgan fingerprint density at radius 3 is 1.90 bits per heavy atom. The van der Waals surface area contributed by atoms with Crippen LogP contribution >= 0.6 is 0 Å². The minimum absolute atomic E-state index is 0.370. The average molecular weight is 281 g/mol. The lowest BCUT2D eigenvalue weighted by molar-refractivity contribution is -0.123. The van der Waals surface area contributed by atoms with Gasteiger partial charge in [-0.05, 0) is 32.4 Å². The first-order chi connectivity index (χ1) is 9.84. The van der Waals surface area contributed by atoms with Gasteiger partial charge < -0.3 is 5.32 Å². The molecular formula is C18H35NO. The molecule has 20 heavy (non-hydrogen) atoms. The van der Waals surface area contributed by atoms with Crippen LogP contribution in [0.25, 0.3) is 0 Å². The van der Waals surface area contributed by atoms with Crippen molar-refractivity contribution in [2.24, 2.45) is 5.92 Å². The van der Waals surface area contributed by atoms with Crippen molar-refractivity contribution in [3.63, 3.8) is 0 Å². The van der Waals surface area contributed by atoms with Gasteiger partial charge in [0.15, 0.2) is 0 Å². The molecule has 0 bridgehead atoms. The minimum atomic E-state index is 0.370. The summed E-state index contributed by atoms with van der Waals surface area (Å²) in [6.45, 7) is 4.34. The molecule has 0 saturated carbocycles. The number of Topliss-reactive ketones (excluding diaryl/α,β-unsaturated/α-hetero) is 1. The molecule has 0 aromatic rings. The van der Waals surface area contributed by atoms with Crippen LogP contribution in [0.3, 0.4) is 0 Å². The maximum absolute atomic E-state index is 12.0. The van der Waals surface area contributed by atoms with E-state index in [1.165, 1.54) is 57.8 Å². The van der Waals surface area contributed by atoms with Gasteiger partial charge >= 0.3 is 0 Å². The topological polar surface area (TPSA) is 29.1 Å². The van der Waals surface area contributed by atoms with Crippen LogP contribution in [0.15, 0.2) is 0 Å². The van der Waals surface area contributed by atoms with E-state index in [1.807, 2.05) is 0 Å².